The molecule has 0 saturated heterocycles. The van der Waals surface area contributed by atoms with Gasteiger partial charge in [-0.25, -0.2) is 4.98 Å². The summed E-state index contributed by atoms with van der Waals surface area (Å²) >= 11 is 1.73. The third-order valence-electron chi connectivity index (χ3n) is 2.96. The molecular weight excluding hydrogens is 286 g/mol. The number of hydrogen-bond acceptors (Lipinski definition) is 5. The van der Waals surface area contributed by atoms with Crippen molar-refractivity contribution < 1.29 is 14.2 Å². The van der Waals surface area contributed by atoms with Crippen LogP contribution < -0.4 is 4.74 Å². The van der Waals surface area contributed by atoms with Crippen LogP contribution >= 0.6 is 11.8 Å². The summed E-state index contributed by atoms with van der Waals surface area (Å²) in [5.74, 6) is 1.45. The van der Waals surface area contributed by atoms with E-state index in [9.17, 15) is 0 Å². The zero-order chi connectivity index (χ0) is 15.1. The predicted octanol–water partition coefficient (Wildman–Crippen LogP) is 3.67. The van der Waals surface area contributed by atoms with Crippen molar-refractivity contribution in [2.24, 2.45) is 0 Å². The van der Waals surface area contributed by atoms with Gasteiger partial charge in [-0.3, -0.25) is 0 Å². The lowest BCUT2D eigenvalue weighted by Gasteiger charge is -2.13. The van der Waals surface area contributed by atoms with Gasteiger partial charge in [0.15, 0.2) is 6.29 Å². The summed E-state index contributed by atoms with van der Waals surface area (Å²) in [4.78, 5) is 5.57. The van der Waals surface area contributed by atoms with Gasteiger partial charge >= 0.3 is 0 Å². The summed E-state index contributed by atoms with van der Waals surface area (Å²) in [6.45, 7) is 0. The van der Waals surface area contributed by atoms with Gasteiger partial charge in [-0.15, -0.1) is 11.8 Å². The zero-order valence-corrected chi connectivity index (χ0v) is 13.2. The third kappa shape index (κ3) is 4.46. The molecular formula is C16H19NO3S. The molecule has 0 unspecified atom stereocenters. The maximum absolute atomic E-state index is 5.23. The van der Waals surface area contributed by atoms with Crippen LogP contribution in [-0.4, -0.2) is 26.3 Å². The van der Waals surface area contributed by atoms with Crippen molar-refractivity contribution in [3.05, 3.63) is 53.7 Å². The van der Waals surface area contributed by atoms with Crippen LogP contribution in [0.25, 0.3) is 0 Å². The highest BCUT2D eigenvalue weighted by molar-refractivity contribution is 7.98. The average Bonchev–Trinajstić information content (AvgIpc) is 2.55. The molecule has 0 fully saturated rings. The summed E-state index contributed by atoms with van der Waals surface area (Å²) in [6, 6.07) is 13.9. The number of benzene rings is 1. The van der Waals surface area contributed by atoms with Gasteiger partial charge < -0.3 is 14.2 Å². The Kier molecular flexibility index (Phi) is 6.04. The van der Waals surface area contributed by atoms with E-state index >= 15 is 0 Å². The van der Waals surface area contributed by atoms with Gasteiger partial charge in [0.2, 0.25) is 5.88 Å². The first kappa shape index (κ1) is 15.8. The van der Waals surface area contributed by atoms with Crippen molar-refractivity contribution in [1.82, 2.24) is 4.98 Å². The predicted molar refractivity (Wildman–Crippen MR) is 83.6 cm³/mol. The van der Waals surface area contributed by atoms with Crippen molar-refractivity contribution >= 4 is 11.8 Å². The molecule has 0 aliphatic heterocycles. The van der Waals surface area contributed by atoms with E-state index in [0.717, 1.165) is 17.0 Å². The summed E-state index contributed by atoms with van der Waals surface area (Å²) in [6.07, 6.45) is -0.316. The Balaban J connectivity index is 1.97. The van der Waals surface area contributed by atoms with Crippen molar-refractivity contribution in [2.45, 2.75) is 16.9 Å². The van der Waals surface area contributed by atoms with Crippen LogP contribution in [0.3, 0.4) is 0 Å². The highest BCUT2D eigenvalue weighted by atomic mass is 32.2. The first-order valence-electron chi connectivity index (χ1n) is 6.55. The van der Waals surface area contributed by atoms with Gasteiger partial charge in [0.1, 0.15) is 0 Å². The lowest BCUT2D eigenvalue weighted by atomic mass is 10.2. The summed E-state index contributed by atoms with van der Waals surface area (Å²) in [5, 5.41) is 0. The van der Waals surface area contributed by atoms with E-state index in [4.69, 9.17) is 14.2 Å². The molecule has 1 aromatic carbocycles. The van der Waals surface area contributed by atoms with Crippen molar-refractivity contribution in [3.63, 3.8) is 0 Å². The fourth-order valence-electron chi connectivity index (χ4n) is 1.90. The van der Waals surface area contributed by atoms with Crippen LogP contribution in [0.2, 0.25) is 0 Å². The maximum Gasteiger partial charge on any atom is 0.213 e. The quantitative estimate of drug-likeness (QED) is 0.576. The lowest BCUT2D eigenvalue weighted by molar-refractivity contribution is -0.106. The van der Waals surface area contributed by atoms with Crippen LogP contribution in [0, 0.1) is 0 Å². The number of pyridine rings is 1. The minimum Gasteiger partial charge on any atom is -0.481 e. The molecule has 112 valence electrons. The molecule has 0 radical (unpaired) electrons. The topological polar surface area (TPSA) is 40.6 Å². The second kappa shape index (κ2) is 8.02. The van der Waals surface area contributed by atoms with Gasteiger partial charge in [0.25, 0.3) is 0 Å². The van der Waals surface area contributed by atoms with Crippen molar-refractivity contribution in [3.8, 4) is 5.88 Å². The molecule has 0 aliphatic carbocycles. The Labute approximate surface area is 129 Å². The molecule has 0 saturated carbocycles. The Morgan fingerprint density at radius 2 is 1.71 bits per heavy atom. The van der Waals surface area contributed by atoms with E-state index in [0.29, 0.717) is 5.88 Å². The molecule has 0 amide bonds. The molecule has 0 aliphatic rings. The molecule has 0 bridgehead atoms. The molecule has 0 N–H and O–H groups in total. The van der Waals surface area contributed by atoms with E-state index in [-0.39, 0.29) is 6.29 Å². The SMILES string of the molecule is COc1cccc(CSc2ccc(C(OC)OC)cc2)n1. The van der Waals surface area contributed by atoms with E-state index in [1.807, 2.05) is 30.3 Å². The van der Waals surface area contributed by atoms with Gasteiger partial charge in [-0.1, -0.05) is 18.2 Å². The second-order valence-corrected chi connectivity index (χ2v) is 5.38. The monoisotopic (exact) mass is 305 g/mol. The number of ether oxygens (including phenoxy) is 3. The van der Waals surface area contributed by atoms with Gasteiger partial charge in [-0.05, 0) is 18.2 Å². The summed E-state index contributed by atoms with van der Waals surface area (Å²) in [5.41, 5.74) is 2.00. The molecule has 2 aromatic rings. The lowest BCUT2D eigenvalue weighted by Crippen LogP contribution is -2.02. The van der Waals surface area contributed by atoms with E-state index < -0.39 is 0 Å². The van der Waals surface area contributed by atoms with Crippen LogP contribution in [0.4, 0.5) is 0 Å². The highest BCUT2D eigenvalue weighted by Crippen LogP contribution is 2.25. The third-order valence-corrected chi connectivity index (χ3v) is 4.00. The average molecular weight is 305 g/mol. The molecule has 1 heterocycles. The smallest absolute Gasteiger partial charge is 0.213 e. The number of rotatable bonds is 7. The Morgan fingerprint density at radius 3 is 2.33 bits per heavy atom. The van der Waals surface area contributed by atoms with Gasteiger partial charge in [-0.2, -0.15) is 0 Å². The van der Waals surface area contributed by atoms with E-state index in [1.165, 1.54) is 4.90 Å². The summed E-state index contributed by atoms with van der Waals surface area (Å²) in [7, 11) is 4.89. The number of thioether (sulfide) groups is 1. The molecule has 4 nitrogen and oxygen atoms in total. The highest BCUT2D eigenvalue weighted by Gasteiger charge is 2.08. The minimum atomic E-state index is -0.316. The van der Waals surface area contributed by atoms with Gasteiger partial charge in [0, 0.05) is 36.5 Å². The molecule has 1 aromatic heterocycles. The zero-order valence-electron chi connectivity index (χ0n) is 12.4. The Morgan fingerprint density at radius 1 is 1.00 bits per heavy atom. The molecule has 2 rings (SSSR count). The van der Waals surface area contributed by atoms with Crippen LogP contribution in [0.5, 0.6) is 5.88 Å². The number of methoxy groups -OCH3 is 3. The Bertz CT molecular complexity index is 556. The van der Waals surface area contributed by atoms with Crippen molar-refractivity contribution in [2.75, 3.05) is 21.3 Å². The molecule has 21 heavy (non-hydrogen) atoms. The number of aromatic nitrogens is 1. The van der Waals surface area contributed by atoms with Gasteiger partial charge in [0.05, 0.1) is 12.8 Å². The van der Waals surface area contributed by atoms with Crippen molar-refractivity contribution in [1.29, 1.82) is 0 Å². The minimum absolute atomic E-state index is 0.316. The normalized spacial score (nSPS) is 10.9. The fourth-order valence-corrected chi connectivity index (χ4v) is 2.70. The largest absolute Gasteiger partial charge is 0.481 e. The first-order valence-corrected chi connectivity index (χ1v) is 7.53. The number of hydrogen-bond donors (Lipinski definition) is 0. The van der Waals surface area contributed by atoms with Crippen LogP contribution in [0.15, 0.2) is 47.4 Å². The van der Waals surface area contributed by atoms with E-state index in [1.54, 1.807) is 33.1 Å². The second-order valence-electron chi connectivity index (χ2n) is 4.33. The van der Waals surface area contributed by atoms with Crippen LogP contribution in [-0.2, 0) is 15.2 Å². The first-order chi connectivity index (χ1) is 10.3. The molecule has 0 atom stereocenters. The standard InChI is InChI=1S/C16H19NO3S/c1-18-15-6-4-5-13(17-15)11-21-14-9-7-12(8-10-14)16(19-2)20-3/h4-10,16H,11H2,1-3H3. The molecule has 5 heteroatoms. The van der Waals surface area contributed by atoms with Crippen LogP contribution in [0.1, 0.15) is 17.5 Å². The maximum atomic E-state index is 5.23. The molecule has 0 spiro atoms. The summed E-state index contributed by atoms with van der Waals surface area (Å²) < 4.78 is 15.6. The van der Waals surface area contributed by atoms with E-state index in [2.05, 4.69) is 17.1 Å². The Hall–Kier alpha value is -1.56. The number of nitrogens with zero attached hydrogens (tertiary/aromatic N) is 1. The fraction of sp³-hybridized carbons (Fsp3) is 0.312.